The van der Waals surface area contributed by atoms with Gasteiger partial charge < -0.3 is 15.0 Å². The molecular weight excluding hydrogens is 388 g/mol. The second kappa shape index (κ2) is 8.95. The van der Waals surface area contributed by atoms with Gasteiger partial charge in [0, 0.05) is 43.4 Å². The van der Waals surface area contributed by atoms with Crippen molar-refractivity contribution in [1.29, 1.82) is 0 Å². The molecule has 9 heteroatoms. The highest BCUT2D eigenvalue weighted by Gasteiger charge is 2.15. The second-order valence-electron chi connectivity index (χ2n) is 6.53. The summed E-state index contributed by atoms with van der Waals surface area (Å²) in [6.07, 6.45) is 4.83. The number of anilines is 1. The number of carbonyl (C=O) groups excluding carboxylic acids is 1. The van der Waals surface area contributed by atoms with Crippen LogP contribution in [0, 0.1) is 0 Å². The van der Waals surface area contributed by atoms with Crippen LogP contribution >= 0.6 is 11.8 Å². The average molecular weight is 411 g/mol. The van der Waals surface area contributed by atoms with Gasteiger partial charge in [0.05, 0.1) is 7.11 Å². The molecule has 0 spiro atoms. The van der Waals surface area contributed by atoms with Crippen molar-refractivity contribution in [2.45, 2.75) is 6.54 Å². The zero-order chi connectivity index (χ0) is 20.1. The van der Waals surface area contributed by atoms with Gasteiger partial charge in [-0.3, -0.25) is 9.36 Å². The molecule has 29 heavy (non-hydrogen) atoms. The Morgan fingerprint density at radius 2 is 2.00 bits per heavy atom. The van der Waals surface area contributed by atoms with Crippen molar-refractivity contribution in [3.63, 3.8) is 0 Å². The molecular formula is C20H22N6O2S. The summed E-state index contributed by atoms with van der Waals surface area (Å²) in [5, 5.41) is 2.88. The number of imidazole rings is 1. The first-order chi connectivity index (χ1) is 14.2. The van der Waals surface area contributed by atoms with Crippen molar-refractivity contribution in [3.8, 4) is 11.6 Å². The summed E-state index contributed by atoms with van der Waals surface area (Å²) < 4.78 is 6.95. The van der Waals surface area contributed by atoms with Crippen molar-refractivity contribution in [2.75, 3.05) is 36.6 Å². The first kappa shape index (κ1) is 19.3. The van der Waals surface area contributed by atoms with Crippen molar-refractivity contribution in [2.24, 2.45) is 0 Å². The quantitative estimate of drug-likeness (QED) is 0.666. The number of rotatable bonds is 6. The Hall–Kier alpha value is -3.07. The van der Waals surface area contributed by atoms with Gasteiger partial charge in [0.15, 0.2) is 0 Å². The first-order valence-corrected chi connectivity index (χ1v) is 10.5. The number of nitrogens with one attached hydrogen (secondary N) is 1. The second-order valence-corrected chi connectivity index (χ2v) is 7.76. The van der Waals surface area contributed by atoms with Crippen LogP contribution in [-0.4, -0.2) is 57.1 Å². The summed E-state index contributed by atoms with van der Waals surface area (Å²) in [6.45, 7) is 2.35. The zero-order valence-corrected chi connectivity index (χ0v) is 16.9. The van der Waals surface area contributed by atoms with E-state index in [0.717, 1.165) is 41.7 Å². The van der Waals surface area contributed by atoms with Crippen LogP contribution in [0.5, 0.6) is 5.75 Å². The van der Waals surface area contributed by atoms with Crippen molar-refractivity contribution >= 4 is 23.5 Å². The zero-order valence-electron chi connectivity index (χ0n) is 16.1. The average Bonchev–Trinajstić information content (AvgIpc) is 3.29. The minimum atomic E-state index is -0.242. The molecule has 1 aliphatic rings. The summed E-state index contributed by atoms with van der Waals surface area (Å²) in [5.74, 6) is 4.30. The highest BCUT2D eigenvalue weighted by molar-refractivity contribution is 7.99. The number of ether oxygens (including phenoxy) is 1. The van der Waals surface area contributed by atoms with E-state index < -0.39 is 0 Å². The normalized spacial score (nSPS) is 13.9. The van der Waals surface area contributed by atoms with Crippen LogP contribution in [0.2, 0.25) is 0 Å². The smallest absolute Gasteiger partial charge is 0.271 e. The summed E-state index contributed by atoms with van der Waals surface area (Å²) in [7, 11) is 1.62. The summed E-state index contributed by atoms with van der Waals surface area (Å²) in [5.41, 5.74) is 1.29. The predicted molar refractivity (Wildman–Crippen MR) is 113 cm³/mol. The molecule has 1 N–H and O–H groups in total. The highest BCUT2D eigenvalue weighted by atomic mass is 32.2. The Morgan fingerprint density at radius 1 is 1.17 bits per heavy atom. The van der Waals surface area contributed by atoms with Gasteiger partial charge in [-0.05, 0) is 17.7 Å². The van der Waals surface area contributed by atoms with E-state index >= 15 is 0 Å². The number of hydrogen-bond donors (Lipinski definition) is 1. The molecule has 1 amide bonds. The maximum atomic E-state index is 12.5. The third kappa shape index (κ3) is 4.68. The highest BCUT2D eigenvalue weighted by Crippen LogP contribution is 2.19. The number of hydrogen-bond acceptors (Lipinski definition) is 7. The molecule has 8 nitrogen and oxygen atoms in total. The van der Waals surface area contributed by atoms with Gasteiger partial charge in [0.1, 0.15) is 35.7 Å². The molecule has 0 unspecified atom stereocenters. The lowest BCUT2D eigenvalue weighted by molar-refractivity contribution is 0.0946. The SMILES string of the molecule is COc1cccc(CNC(=O)c2cn(-c3cc(N4CCSCC4)ncn3)cn2)c1. The lowest BCUT2D eigenvalue weighted by Gasteiger charge is -2.27. The van der Waals surface area contributed by atoms with E-state index in [1.807, 2.05) is 42.1 Å². The Labute approximate surface area is 173 Å². The van der Waals surface area contributed by atoms with Crippen LogP contribution in [0.3, 0.4) is 0 Å². The van der Waals surface area contributed by atoms with Crippen molar-refractivity contribution in [3.05, 3.63) is 60.4 Å². The maximum absolute atomic E-state index is 12.5. The van der Waals surface area contributed by atoms with E-state index in [9.17, 15) is 4.79 Å². The van der Waals surface area contributed by atoms with Crippen LogP contribution < -0.4 is 15.0 Å². The first-order valence-electron chi connectivity index (χ1n) is 9.33. The molecule has 1 saturated heterocycles. The molecule has 2 aromatic heterocycles. The molecule has 4 rings (SSSR count). The largest absolute Gasteiger partial charge is 0.497 e. The van der Waals surface area contributed by atoms with Gasteiger partial charge in [-0.2, -0.15) is 11.8 Å². The van der Waals surface area contributed by atoms with Gasteiger partial charge in [0.25, 0.3) is 5.91 Å². The Bertz CT molecular complexity index is 986. The number of thioether (sulfide) groups is 1. The van der Waals surface area contributed by atoms with Gasteiger partial charge in [-0.25, -0.2) is 15.0 Å². The van der Waals surface area contributed by atoms with E-state index in [0.29, 0.717) is 18.1 Å². The molecule has 1 aliphatic heterocycles. The number of nitrogens with zero attached hydrogens (tertiary/aromatic N) is 5. The molecule has 0 saturated carbocycles. The van der Waals surface area contributed by atoms with Crippen molar-refractivity contribution < 1.29 is 9.53 Å². The third-order valence-electron chi connectivity index (χ3n) is 4.64. The lowest BCUT2D eigenvalue weighted by atomic mass is 10.2. The standard InChI is InChI=1S/C20H22N6O2S/c1-28-16-4-2-3-15(9-16)11-21-20(27)17-12-26(14-24-17)19-10-18(22-13-23-19)25-5-7-29-8-6-25/h2-4,9-10,12-14H,5-8,11H2,1H3,(H,21,27). The van der Waals surface area contributed by atoms with Gasteiger partial charge in [0.2, 0.25) is 0 Å². The molecule has 0 radical (unpaired) electrons. The monoisotopic (exact) mass is 410 g/mol. The fraction of sp³-hybridized carbons (Fsp3) is 0.300. The van der Waals surface area contributed by atoms with E-state index in [1.165, 1.54) is 0 Å². The van der Waals surface area contributed by atoms with Gasteiger partial charge >= 0.3 is 0 Å². The molecule has 0 bridgehead atoms. The lowest BCUT2D eigenvalue weighted by Crippen LogP contribution is -2.33. The van der Waals surface area contributed by atoms with Gasteiger partial charge in [-0.15, -0.1) is 0 Å². The predicted octanol–water partition coefficient (Wildman–Crippen LogP) is 2.15. The Kier molecular flexibility index (Phi) is 5.95. The molecule has 1 aromatic carbocycles. The number of methoxy groups -OCH3 is 1. The van der Waals surface area contributed by atoms with E-state index in [2.05, 4.69) is 25.2 Å². The van der Waals surface area contributed by atoms with E-state index in [1.54, 1.807) is 30.5 Å². The Balaban J connectivity index is 1.43. The van der Waals surface area contributed by atoms with Crippen LogP contribution in [0.25, 0.3) is 5.82 Å². The molecule has 0 aliphatic carbocycles. The topological polar surface area (TPSA) is 85.2 Å². The maximum Gasteiger partial charge on any atom is 0.271 e. The van der Waals surface area contributed by atoms with Crippen molar-refractivity contribution in [1.82, 2.24) is 24.8 Å². The van der Waals surface area contributed by atoms with Crippen LogP contribution in [0.15, 0.2) is 49.2 Å². The Morgan fingerprint density at radius 3 is 2.83 bits per heavy atom. The minimum Gasteiger partial charge on any atom is -0.497 e. The van der Waals surface area contributed by atoms with E-state index in [-0.39, 0.29) is 5.91 Å². The fourth-order valence-electron chi connectivity index (χ4n) is 3.06. The molecule has 3 heterocycles. The van der Waals surface area contributed by atoms with E-state index in [4.69, 9.17) is 4.74 Å². The third-order valence-corrected chi connectivity index (χ3v) is 5.58. The number of benzene rings is 1. The minimum absolute atomic E-state index is 0.242. The van der Waals surface area contributed by atoms with Gasteiger partial charge in [-0.1, -0.05) is 12.1 Å². The number of amides is 1. The molecule has 1 fully saturated rings. The summed E-state index contributed by atoms with van der Waals surface area (Å²) in [6, 6.07) is 9.51. The number of carbonyl (C=O) groups is 1. The summed E-state index contributed by atoms with van der Waals surface area (Å²) >= 11 is 1.95. The van der Waals surface area contributed by atoms with Crippen LogP contribution in [0.4, 0.5) is 5.82 Å². The number of aromatic nitrogens is 4. The van der Waals surface area contributed by atoms with Crippen LogP contribution in [-0.2, 0) is 6.54 Å². The molecule has 3 aromatic rings. The summed E-state index contributed by atoms with van der Waals surface area (Å²) in [4.78, 5) is 27.7. The van der Waals surface area contributed by atoms with Crippen LogP contribution in [0.1, 0.15) is 16.1 Å². The fourth-order valence-corrected chi connectivity index (χ4v) is 3.97. The molecule has 150 valence electrons. The molecule has 0 atom stereocenters.